The topological polar surface area (TPSA) is 106 Å². The molecular weight excluding hydrogens is 458 g/mol. The number of aryl methyl sites for hydroxylation is 1. The van der Waals surface area contributed by atoms with Crippen molar-refractivity contribution in [2.75, 3.05) is 45.0 Å². The zero-order chi connectivity index (χ0) is 25.7. The molecule has 0 spiro atoms. The van der Waals surface area contributed by atoms with Gasteiger partial charge in [-0.15, -0.1) is 0 Å². The monoisotopic (exact) mass is 487 g/mol. The molecule has 10 nitrogen and oxygen atoms in total. The van der Waals surface area contributed by atoms with E-state index in [9.17, 15) is 4.79 Å². The Balaban J connectivity index is 1.64. The normalized spacial score (nSPS) is 10.9. The zero-order valence-corrected chi connectivity index (χ0v) is 20.8. The van der Waals surface area contributed by atoms with Gasteiger partial charge in [0.15, 0.2) is 0 Å². The Kier molecular flexibility index (Phi) is 7.45. The van der Waals surface area contributed by atoms with E-state index >= 15 is 0 Å². The lowest BCUT2D eigenvalue weighted by Crippen LogP contribution is -2.20. The number of fused-ring (bicyclic) bond motifs is 1. The van der Waals surface area contributed by atoms with Crippen molar-refractivity contribution in [3.8, 4) is 22.8 Å². The summed E-state index contributed by atoms with van der Waals surface area (Å²) in [6.45, 7) is 4.69. The van der Waals surface area contributed by atoms with Crippen LogP contribution in [0, 0.1) is 0 Å². The molecular formula is C26H29N7O3. The van der Waals surface area contributed by atoms with Crippen LogP contribution in [0.15, 0.2) is 61.6 Å². The third kappa shape index (κ3) is 5.61. The predicted octanol–water partition coefficient (Wildman–Crippen LogP) is 3.85. The van der Waals surface area contributed by atoms with Crippen LogP contribution in [-0.4, -0.2) is 64.9 Å². The SMILES string of the molecule is C=CC(=O)Nc1cc(Nc2cc(-c3ccc4c(cnn4C)c3)ncn2)c(OC)cc1OCCN(C)C. The first-order valence-corrected chi connectivity index (χ1v) is 11.3. The molecule has 0 unspecified atom stereocenters. The van der Waals surface area contributed by atoms with Gasteiger partial charge in [-0.05, 0) is 38.4 Å². The van der Waals surface area contributed by atoms with Crippen LogP contribution in [0.2, 0.25) is 0 Å². The Morgan fingerprint density at radius 3 is 2.72 bits per heavy atom. The van der Waals surface area contributed by atoms with Gasteiger partial charge >= 0.3 is 0 Å². The van der Waals surface area contributed by atoms with Gasteiger partial charge in [-0.25, -0.2) is 9.97 Å². The van der Waals surface area contributed by atoms with Crippen LogP contribution in [0.4, 0.5) is 17.2 Å². The minimum Gasteiger partial charge on any atom is -0.494 e. The number of hydrogen-bond donors (Lipinski definition) is 2. The van der Waals surface area contributed by atoms with Crippen LogP contribution in [0.3, 0.4) is 0 Å². The van der Waals surface area contributed by atoms with Crippen molar-refractivity contribution >= 4 is 34.0 Å². The van der Waals surface area contributed by atoms with E-state index < -0.39 is 0 Å². The lowest BCUT2D eigenvalue weighted by molar-refractivity contribution is -0.111. The van der Waals surface area contributed by atoms with Gasteiger partial charge in [0.1, 0.15) is 30.3 Å². The molecule has 4 aromatic rings. The highest BCUT2D eigenvalue weighted by Crippen LogP contribution is 2.38. The number of amides is 1. The molecule has 36 heavy (non-hydrogen) atoms. The highest BCUT2D eigenvalue weighted by atomic mass is 16.5. The average Bonchev–Trinajstić information content (AvgIpc) is 3.25. The summed E-state index contributed by atoms with van der Waals surface area (Å²) in [4.78, 5) is 22.9. The molecule has 0 saturated heterocycles. The van der Waals surface area contributed by atoms with Crippen molar-refractivity contribution in [1.29, 1.82) is 0 Å². The number of nitrogens with one attached hydrogen (secondary N) is 2. The van der Waals surface area contributed by atoms with E-state index in [1.165, 1.54) is 12.4 Å². The Labute approximate surface area is 209 Å². The Bertz CT molecular complexity index is 1400. The molecule has 0 aliphatic carbocycles. The molecule has 2 heterocycles. The highest BCUT2D eigenvalue weighted by molar-refractivity contribution is 6.00. The molecule has 0 atom stereocenters. The number of aromatic nitrogens is 4. The molecule has 10 heteroatoms. The van der Waals surface area contributed by atoms with Gasteiger partial charge < -0.3 is 25.0 Å². The maximum atomic E-state index is 12.1. The molecule has 0 saturated carbocycles. The van der Waals surface area contributed by atoms with Crippen LogP contribution >= 0.6 is 0 Å². The van der Waals surface area contributed by atoms with Gasteiger partial charge in [-0.3, -0.25) is 9.48 Å². The van der Waals surface area contributed by atoms with Gasteiger partial charge in [0, 0.05) is 36.7 Å². The molecule has 2 aromatic carbocycles. The number of carbonyl (C=O) groups is 1. The van der Waals surface area contributed by atoms with E-state index in [4.69, 9.17) is 9.47 Å². The van der Waals surface area contributed by atoms with Gasteiger partial charge in [0.05, 0.1) is 35.9 Å². The summed E-state index contributed by atoms with van der Waals surface area (Å²) >= 11 is 0. The van der Waals surface area contributed by atoms with Gasteiger partial charge in [-0.2, -0.15) is 5.10 Å². The number of benzene rings is 2. The fourth-order valence-corrected chi connectivity index (χ4v) is 3.61. The smallest absolute Gasteiger partial charge is 0.247 e. The maximum absolute atomic E-state index is 12.1. The number of carbonyl (C=O) groups excluding carboxylic acids is 1. The summed E-state index contributed by atoms with van der Waals surface area (Å²) in [5, 5.41) is 11.4. The van der Waals surface area contributed by atoms with Gasteiger partial charge in [-0.1, -0.05) is 12.6 Å². The quantitative estimate of drug-likeness (QED) is 0.325. The summed E-state index contributed by atoms with van der Waals surface area (Å²) in [7, 11) is 7.40. The summed E-state index contributed by atoms with van der Waals surface area (Å²) in [6, 6.07) is 11.4. The van der Waals surface area contributed by atoms with Crippen LogP contribution in [0.1, 0.15) is 0 Å². The van der Waals surface area contributed by atoms with Crippen molar-refractivity contribution in [2.24, 2.45) is 7.05 Å². The van der Waals surface area contributed by atoms with Crippen molar-refractivity contribution in [3.63, 3.8) is 0 Å². The molecule has 2 aromatic heterocycles. The first kappa shape index (κ1) is 24.7. The standard InChI is InChI=1S/C26H29N7O3/c1-6-26(34)31-21-12-20(23(35-5)14-24(21)36-10-9-32(2)3)30-25-13-19(27-16-28-25)17-7-8-22-18(11-17)15-29-33(22)4/h6-8,11-16H,1,9-10H2,2-5H3,(H,31,34)(H,27,28,30). The molecule has 0 aliphatic heterocycles. The maximum Gasteiger partial charge on any atom is 0.247 e. The summed E-state index contributed by atoms with van der Waals surface area (Å²) in [6.07, 6.45) is 4.53. The molecule has 0 aliphatic rings. The second-order valence-corrected chi connectivity index (χ2v) is 8.35. The molecule has 0 bridgehead atoms. The van der Waals surface area contributed by atoms with Crippen LogP contribution in [-0.2, 0) is 11.8 Å². The lowest BCUT2D eigenvalue weighted by Gasteiger charge is -2.18. The second kappa shape index (κ2) is 10.9. The number of nitrogens with zero attached hydrogens (tertiary/aromatic N) is 5. The van der Waals surface area contributed by atoms with Crippen molar-refractivity contribution in [3.05, 3.63) is 61.6 Å². The highest BCUT2D eigenvalue weighted by Gasteiger charge is 2.15. The predicted molar refractivity (Wildman–Crippen MR) is 141 cm³/mol. The summed E-state index contributed by atoms with van der Waals surface area (Å²) in [5.74, 6) is 1.23. The lowest BCUT2D eigenvalue weighted by atomic mass is 10.1. The first-order valence-electron chi connectivity index (χ1n) is 11.3. The van der Waals surface area contributed by atoms with Crippen LogP contribution < -0.4 is 20.1 Å². The Morgan fingerprint density at radius 1 is 1.14 bits per heavy atom. The van der Waals surface area contributed by atoms with Crippen molar-refractivity contribution in [2.45, 2.75) is 0 Å². The molecule has 4 rings (SSSR count). The van der Waals surface area contributed by atoms with Crippen molar-refractivity contribution in [1.82, 2.24) is 24.6 Å². The summed E-state index contributed by atoms with van der Waals surface area (Å²) in [5.41, 5.74) is 3.82. The average molecular weight is 488 g/mol. The zero-order valence-electron chi connectivity index (χ0n) is 20.8. The molecule has 1 amide bonds. The van der Waals surface area contributed by atoms with E-state index in [2.05, 4.69) is 32.3 Å². The van der Waals surface area contributed by atoms with E-state index in [-0.39, 0.29) is 5.91 Å². The van der Waals surface area contributed by atoms with E-state index in [1.807, 2.05) is 61.2 Å². The van der Waals surface area contributed by atoms with E-state index in [1.54, 1.807) is 19.2 Å². The largest absolute Gasteiger partial charge is 0.494 e. The van der Waals surface area contributed by atoms with Gasteiger partial charge in [0.2, 0.25) is 5.91 Å². The molecule has 0 fully saturated rings. The summed E-state index contributed by atoms with van der Waals surface area (Å²) < 4.78 is 13.4. The molecule has 186 valence electrons. The molecule has 2 N–H and O–H groups in total. The minimum absolute atomic E-state index is 0.348. The number of methoxy groups -OCH3 is 1. The fraction of sp³-hybridized carbons (Fsp3) is 0.231. The van der Waals surface area contributed by atoms with Gasteiger partial charge in [0.25, 0.3) is 0 Å². The number of rotatable bonds is 10. The Hall–Kier alpha value is -4.44. The third-order valence-corrected chi connectivity index (χ3v) is 5.51. The van der Waals surface area contributed by atoms with Crippen molar-refractivity contribution < 1.29 is 14.3 Å². The number of ether oxygens (including phenoxy) is 2. The molecule has 0 radical (unpaired) electrons. The number of anilines is 3. The fourth-order valence-electron chi connectivity index (χ4n) is 3.61. The third-order valence-electron chi connectivity index (χ3n) is 5.51. The van der Waals surface area contributed by atoms with Crippen LogP contribution in [0.5, 0.6) is 11.5 Å². The minimum atomic E-state index is -0.348. The second-order valence-electron chi connectivity index (χ2n) is 8.35. The number of hydrogen-bond acceptors (Lipinski definition) is 8. The van der Waals surface area contributed by atoms with Crippen LogP contribution in [0.25, 0.3) is 22.2 Å². The number of likely N-dealkylation sites (N-methyl/N-ethyl adjacent to an activating group) is 1. The van der Waals surface area contributed by atoms with E-state index in [0.717, 1.165) is 22.2 Å². The Morgan fingerprint density at radius 2 is 1.97 bits per heavy atom. The van der Waals surface area contributed by atoms with E-state index in [0.29, 0.717) is 41.8 Å². The first-order chi connectivity index (χ1) is 17.4.